The van der Waals surface area contributed by atoms with Crippen LogP contribution in [0.3, 0.4) is 0 Å². The van der Waals surface area contributed by atoms with Crippen LogP contribution in [0.4, 0.5) is 9.18 Å². The molecular formula is C30H41FNO7P. The minimum Gasteiger partial charge on any atom is -0.498 e. The van der Waals surface area contributed by atoms with Crippen LogP contribution in [0.25, 0.3) is 0 Å². The van der Waals surface area contributed by atoms with E-state index in [0.29, 0.717) is 50.4 Å². The van der Waals surface area contributed by atoms with Gasteiger partial charge in [-0.05, 0) is 61.8 Å². The Morgan fingerprint density at radius 3 is 2.65 bits per heavy atom. The highest BCUT2D eigenvalue weighted by Gasteiger charge is 2.42. The molecule has 3 aliphatic carbocycles. The highest BCUT2D eigenvalue weighted by atomic mass is 31.2. The number of cyclic esters (lactones) is 1. The monoisotopic (exact) mass is 577 g/mol. The highest BCUT2D eigenvalue weighted by Crippen LogP contribution is 2.56. The van der Waals surface area contributed by atoms with Gasteiger partial charge in [-0.1, -0.05) is 43.7 Å². The lowest BCUT2D eigenvalue weighted by Crippen LogP contribution is -2.41. The summed E-state index contributed by atoms with van der Waals surface area (Å²) in [5.41, 5.74) is 1.90. The van der Waals surface area contributed by atoms with Gasteiger partial charge in [0.25, 0.3) is 0 Å². The third-order valence-electron chi connectivity index (χ3n) is 8.01. The van der Waals surface area contributed by atoms with E-state index < -0.39 is 25.9 Å². The van der Waals surface area contributed by atoms with Crippen molar-refractivity contribution in [2.45, 2.75) is 76.5 Å². The number of amides is 1. The van der Waals surface area contributed by atoms with Gasteiger partial charge in [0.15, 0.2) is 0 Å². The number of allylic oxidation sites excluding steroid dienone is 10. The molecule has 0 aromatic carbocycles. The number of ether oxygens (including phenoxy) is 2. The molecule has 1 amide bonds. The molecule has 1 aliphatic heterocycles. The lowest BCUT2D eigenvalue weighted by atomic mass is 9.80. The summed E-state index contributed by atoms with van der Waals surface area (Å²) < 4.78 is 48.3. The predicted molar refractivity (Wildman–Crippen MR) is 151 cm³/mol. The average molecular weight is 578 g/mol. The van der Waals surface area contributed by atoms with Crippen molar-refractivity contribution < 1.29 is 37.4 Å². The average Bonchev–Trinajstić information content (AvgIpc) is 3.36. The first kappa shape index (κ1) is 30.5. The van der Waals surface area contributed by atoms with Crippen LogP contribution in [0.1, 0.15) is 58.3 Å². The first-order valence-electron chi connectivity index (χ1n) is 14.1. The number of carbonyl (C=O) groups is 1. The molecule has 2 N–H and O–H groups in total. The fourth-order valence-corrected chi connectivity index (χ4v) is 6.77. The van der Waals surface area contributed by atoms with Gasteiger partial charge in [0.05, 0.1) is 24.1 Å². The van der Waals surface area contributed by atoms with E-state index >= 15 is 0 Å². The van der Waals surface area contributed by atoms with Gasteiger partial charge in [-0.2, -0.15) is 0 Å². The lowest BCUT2D eigenvalue weighted by Gasteiger charge is -2.32. The molecular weight excluding hydrogens is 536 g/mol. The number of nitrogens with one attached hydrogen (secondary N) is 1. The zero-order valence-corrected chi connectivity index (χ0v) is 24.4. The summed E-state index contributed by atoms with van der Waals surface area (Å²) in [4.78, 5) is 12.3. The maximum Gasteiger partial charge on any atom is 0.407 e. The van der Waals surface area contributed by atoms with Gasteiger partial charge in [0, 0.05) is 32.5 Å². The van der Waals surface area contributed by atoms with Crippen molar-refractivity contribution in [3.8, 4) is 0 Å². The number of hydrogen-bond acceptors (Lipinski definition) is 7. The molecule has 1 fully saturated rings. The highest BCUT2D eigenvalue weighted by molar-refractivity contribution is 7.58. The number of alkyl carbamates (subject to hydrolysis) is 1. The molecule has 1 saturated heterocycles. The number of aliphatic hydroxyl groups excluding tert-OH is 1. The Bertz CT molecular complexity index is 1160. The van der Waals surface area contributed by atoms with Gasteiger partial charge in [-0.15, -0.1) is 0 Å². The largest absolute Gasteiger partial charge is 0.498 e. The molecule has 0 radical (unpaired) electrons. The standard InChI is InChI=1S/C30H41FNO7P/c1-4-5-18-38-28-19-22(20-8-13-24(14-9-20)40(35,36-2)37-3)10-15-25(28)29-27(39-30(34)32-29)17-16-26(33)21-6-11-23(31)12-7-21/h6,8,10-11,13-14,19-20,25-27,29,33H,4-5,7,9,12,15-18H2,1-3H3,(H,32,34)/t20?,25?,26-,27+,29+/m0/s1. The second-order valence-electron chi connectivity index (χ2n) is 10.6. The van der Waals surface area contributed by atoms with Crippen molar-refractivity contribution in [3.05, 3.63) is 70.6 Å². The van der Waals surface area contributed by atoms with Crippen molar-refractivity contribution in [2.75, 3.05) is 20.8 Å². The number of hydrogen-bond donors (Lipinski definition) is 2. The summed E-state index contributed by atoms with van der Waals surface area (Å²) in [5, 5.41) is 14.2. The molecule has 4 aliphatic rings. The molecule has 5 atom stereocenters. The minimum atomic E-state index is -3.30. The van der Waals surface area contributed by atoms with Crippen LogP contribution in [-0.4, -0.2) is 50.3 Å². The molecule has 0 aromatic rings. The van der Waals surface area contributed by atoms with Gasteiger partial charge in [0.1, 0.15) is 17.7 Å². The van der Waals surface area contributed by atoms with Crippen molar-refractivity contribution in [3.63, 3.8) is 0 Å². The molecule has 220 valence electrons. The van der Waals surface area contributed by atoms with Gasteiger partial charge < -0.3 is 28.9 Å². The molecule has 4 rings (SSSR count). The summed E-state index contributed by atoms with van der Waals surface area (Å²) in [5.74, 6) is 0.605. The van der Waals surface area contributed by atoms with E-state index in [1.807, 2.05) is 12.2 Å². The topological polar surface area (TPSA) is 103 Å². The molecule has 1 heterocycles. The fourth-order valence-electron chi connectivity index (χ4n) is 5.60. The summed E-state index contributed by atoms with van der Waals surface area (Å²) >= 11 is 0. The number of carbonyl (C=O) groups excluding carboxylic acids is 1. The van der Waals surface area contributed by atoms with Crippen LogP contribution in [0.5, 0.6) is 0 Å². The van der Waals surface area contributed by atoms with Crippen LogP contribution in [0, 0.1) is 11.8 Å². The number of unbranched alkanes of at least 4 members (excludes halogenated alkanes) is 1. The van der Waals surface area contributed by atoms with E-state index in [4.69, 9.17) is 18.5 Å². The Kier molecular flexibility index (Phi) is 10.6. The molecule has 2 unspecified atom stereocenters. The summed E-state index contributed by atoms with van der Waals surface area (Å²) in [6.07, 6.45) is 16.3. The van der Waals surface area contributed by atoms with Crippen molar-refractivity contribution in [1.29, 1.82) is 0 Å². The normalized spacial score (nSPS) is 27.5. The van der Waals surface area contributed by atoms with E-state index in [-0.39, 0.29) is 23.7 Å². The third-order valence-corrected chi connectivity index (χ3v) is 9.94. The van der Waals surface area contributed by atoms with E-state index in [1.165, 1.54) is 20.3 Å². The fraction of sp³-hybridized carbons (Fsp3) is 0.567. The van der Waals surface area contributed by atoms with Gasteiger partial charge in [0.2, 0.25) is 0 Å². The van der Waals surface area contributed by atoms with Crippen LogP contribution < -0.4 is 5.32 Å². The zero-order chi connectivity index (χ0) is 28.7. The Labute approximate surface area is 236 Å². The maximum atomic E-state index is 13.4. The van der Waals surface area contributed by atoms with E-state index in [2.05, 4.69) is 24.4 Å². The summed E-state index contributed by atoms with van der Waals surface area (Å²) in [6, 6.07) is -0.300. The Morgan fingerprint density at radius 2 is 2.00 bits per heavy atom. The predicted octanol–water partition coefficient (Wildman–Crippen LogP) is 6.77. The second kappa shape index (κ2) is 13.9. The van der Waals surface area contributed by atoms with Gasteiger partial charge >= 0.3 is 13.7 Å². The SMILES string of the molecule is CCCCOC1=CC(C2C=CC(P(=O)(OC)OC)=CC2)=CCC1[C@H]1NC(=O)O[C@@H]1CC[C@H](O)C1=CC=C(F)CC1. The Balaban J connectivity index is 1.46. The zero-order valence-electron chi connectivity index (χ0n) is 23.5. The molecule has 0 aromatic heterocycles. The molecule has 10 heteroatoms. The van der Waals surface area contributed by atoms with Crippen LogP contribution in [0.2, 0.25) is 0 Å². The van der Waals surface area contributed by atoms with Gasteiger partial charge in [-0.3, -0.25) is 4.57 Å². The number of aliphatic hydroxyl groups is 1. The van der Waals surface area contributed by atoms with Crippen LogP contribution in [-0.2, 0) is 23.1 Å². The van der Waals surface area contributed by atoms with Crippen LogP contribution >= 0.6 is 7.60 Å². The molecule has 0 saturated carbocycles. The second-order valence-corrected chi connectivity index (χ2v) is 12.8. The molecule has 40 heavy (non-hydrogen) atoms. The smallest absolute Gasteiger partial charge is 0.407 e. The lowest BCUT2D eigenvalue weighted by molar-refractivity contribution is 0.0900. The molecule has 8 nitrogen and oxygen atoms in total. The minimum absolute atomic E-state index is 0.0830. The molecule has 0 spiro atoms. The first-order valence-corrected chi connectivity index (χ1v) is 15.7. The third kappa shape index (κ3) is 7.24. The van der Waals surface area contributed by atoms with Crippen molar-refractivity contribution >= 4 is 13.7 Å². The summed E-state index contributed by atoms with van der Waals surface area (Å²) in [6.45, 7) is 2.68. The van der Waals surface area contributed by atoms with Crippen molar-refractivity contribution in [2.24, 2.45) is 11.8 Å². The summed E-state index contributed by atoms with van der Waals surface area (Å²) in [7, 11) is -0.542. The molecule has 0 bridgehead atoms. The van der Waals surface area contributed by atoms with Crippen LogP contribution in [0.15, 0.2) is 70.6 Å². The Morgan fingerprint density at radius 1 is 1.20 bits per heavy atom. The quantitative estimate of drug-likeness (QED) is 0.184. The first-order chi connectivity index (χ1) is 19.3. The maximum absolute atomic E-state index is 13.4. The van der Waals surface area contributed by atoms with Crippen molar-refractivity contribution in [1.82, 2.24) is 5.32 Å². The number of halogens is 1. The van der Waals surface area contributed by atoms with E-state index in [1.54, 1.807) is 12.2 Å². The van der Waals surface area contributed by atoms with E-state index in [0.717, 1.165) is 29.7 Å². The van der Waals surface area contributed by atoms with E-state index in [9.17, 15) is 18.9 Å². The Hall–Kier alpha value is -2.45. The number of rotatable bonds is 13. The van der Waals surface area contributed by atoms with Gasteiger partial charge in [-0.25, -0.2) is 9.18 Å².